The number of allylic oxidation sites excluding steroid dienone is 1. The van der Waals surface area contributed by atoms with Crippen LogP contribution in [-0.4, -0.2) is 10.8 Å². The van der Waals surface area contributed by atoms with Gasteiger partial charge in [-0.1, -0.05) is 36.4 Å². The number of carbonyl (C=O) groups is 1. The Morgan fingerprint density at radius 2 is 1.65 bits per heavy atom. The first-order chi connectivity index (χ1) is 11.3. The van der Waals surface area contributed by atoms with E-state index in [0.717, 1.165) is 11.1 Å². The van der Waals surface area contributed by atoms with E-state index in [-0.39, 0.29) is 5.91 Å². The number of fused-ring (bicyclic) bond motifs is 3. The predicted molar refractivity (Wildman–Crippen MR) is 83.4 cm³/mol. The van der Waals surface area contributed by atoms with Crippen molar-refractivity contribution in [3.63, 3.8) is 0 Å². The van der Waals surface area contributed by atoms with E-state index in [1.165, 1.54) is 9.80 Å². The molecule has 0 N–H and O–H groups in total. The molecule has 0 fully saturated rings. The number of rotatable bonds is 0. The van der Waals surface area contributed by atoms with Crippen molar-refractivity contribution in [3.8, 4) is 12.3 Å². The van der Waals surface area contributed by atoms with Crippen molar-refractivity contribution in [2.45, 2.75) is 6.54 Å². The summed E-state index contributed by atoms with van der Waals surface area (Å²) < 4.78 is 0. The minimum Gasteiger partial charge on any atom is -0.288 e. The van der Waals surface area contributed by atoms with Crippen LogP contribution in [0.4, 0.5) is 5.69 Å². The van der Waals surface area contributed by atoms with E-state index in [1.807, 2.05) is 24.3 Å². The summed E-state index contributed by atoms with van der Waals surface area (Å²) in [6.07, 6.45) is 2.11. The van der Waals surface area contributed by atoms with Gasteiger partial charge in [-0.25, -0.2) is 4.90 Å². The number of hydrogen-bond donors (Lipinski definition) is 0. The van der Waals surface area contributed by atoms with Gasteiger partial charge < -0.3 is 0 Å². The molecular formula is C18H10N4O. The maximum absolute atomic E-state index is 12.8. The Hall–Kier alpha value is -3.57. The van der Waals surface area contributed by atoms with E-state index in [9.17, 15) is 15.3 Å². The molecule has 2 aliphatic heterocycles. The fraction of sp³-hybridized carbons (Fsp3) is 0.0556. The Kier molecular flexibility index (Phi) is 2.69. The Morgan fingerprint density at radius 1 is 0.957 bits per heavy atom. The molecule has 5 heteroatoms. The summed E-state index contributed by atoms with van der Waals surface area (Å²) in [6, 6.07) is 16.6. The van der Waals surface area contributed by atoms with Gasteiger partial charge in [0.2, 0.25) is 0 Å². The Balaban J connectivity index is 2.06. The summed E-state index contributed by atoms with van der Waals surface area (Å²) in [7, 11) is 0. The van der Waals surface area contributed by atoms with Crippen LogP contribution in [-0.2, 0) is 6.54 Å². The van der Waals surface area contributed by atoms with Crippen molar-refractivity contribution < 1.29 is 4.79 Å². The first kappa shape index (κ1) is 13.1. The van der Waals surface area contributed by atoms with E-state index < -0.39 is 0 Å². The molecule has 0 saturated heterocycles. The van der Waals surface area contributed by atoms with Gasteiger partial charge in [0.05, 0.1) is 17.8 Å². The van der Waals surface area contributed by atoms with Gasteiger partial charge in [0.15, 0.2) is 6.19 Å². The van der Waals surface area contributed by atoms with Crippen LogP contribution >= 0.6 is 0 Å². The molecule has 0 aromatic heterocycles. The van der Waals surface area contributed by atoms with Gasteiger partial charge in [-0.3, -0.25) is 9.69 Å². The Labute approximate surface area is 132 Å². The minimum atomic E-state index is -0.190. The van der Waals surface area contributed by atoms with E-state index in [1.54, 1.807) is 24.3 Å². The zero-order valence-electron chi connectivity index (χ0n) is 12.0. The highest BCUT2D eigenvalue weighted by molar-refractivity contribution is 6.07. The van der Waals surface area contributed by atoms with Crippen molar-refractivity contribution in [2.75, 3.05) is 4.90 Å². The van der Waals surface area contributed by atoms with Gasteiger partial charge in [0, 0.05) is 5.56 Å². The summed E-state index contributed by atoms with van der Waals surface area (Å²) in [5, 5.41) is 19.3. The lowest BCUT2D eigenvalue weighted by atomic mass is 9.93. The highest BCUT2D eigenvalue weighted by Gasteiger charge is 2.39. The number of carbonyl (C=O) groups excluding carboxylic acids is 1. The van der Waals surface area contributed by atoms with Gasteiger partial charge in [-0.05, 0) is 17.7 Å². The molecule has 5 nitrogen and oxygen atoms in total. The summed E-state index contributed by atoms with van der Waals surface area (Å²) in [6.45, 7) is 0.349. The topological polar surface area (TPSA) is 71.1 Å². The van der Waals surface area contributed by atoms with E-state index in [4.69, 9.17) is 0 Å². The fourth-order valence-electron chi connectivity index (χ4n) is 3.12. The van der Waals surface area contributed by atoms with Crippen molar-refractivity contribution in [2.24, 2.45) is 0 Å². The minimum absolute atomic E-state index is 0.190. The average molecular weight is 298 g/mol. The van der Waals surface area contributed by atoms with Crippen LogP contribution in [0.5, 0.6) is 0 Å². The molecule has 0 atom stereocenters. The monoisotopic (exact) mass is 298 g/mol. The summed E-state index contributed by atoms with van der Waals surface area (Å²) in [5.41, 5.74) is 3.00. The molecule has 0 unspecified atom stereocenters. The third-order valence-electron chi connectivity index (χ3n) is 4.14. The van der Waals surface area contributed by atoms with Gasteiger partial charge in [-0.2, -0.15) is 10.5 Å². The average Bonchev–Trinajstić information content (AvgIpc) is 2.61. The molecule has 108 valence electrons. The van der Waals surface area contributed by atoms with Crippen LogP contribution in [0, 0.1) is 22.8 Å². The molecule has 4 rings (SSSR count). The van der Waals surface area contributed by atoms with Crippen molar-refractivity contribution in [3.05, 3.63) is 71.0 Å². The zero-order valence-corrected chi connectivity index (χ0v) is 12.0. The lowest BCUT2D eigenvalue weighted by Gasteiger charge is -2.39. The molecular weight excluding hydrogens is 288 g/mol. The van der Waals surface area contributed by atoms with Crippen LogP contribution < -0.4 is 4.90 Å². The van der Waals surface area contributed by atoms with Crippen LogP contribution in [0.3, 0.4) is 0 Å². The van der Waals surface area contributed by atoms with Gasteiger partial charge in [-0.15, -0.1) is 0 Å². The molecule has 2 heterocycles. The van der Waals surface area contributed by atoms with Gasteiger partial charge in [0.25, 0.3) is 5.91 Å². The summed E-state index contributed by atoms with van der Waals surface area (Å²) in [5.74, 6) is 0.154. The first-order valence-electron chi connectivity index (χ1n) is 7.09. The highest BCUT2D eigenvalue weighted by Crippen LogP contribution is 2.40. The lowest BCUT2D eigenvalue weighted by molar-refractivity contribution is 0.0784. The van der Waals surface area contributed by atoms with E-state index in [2.05, 4.69) is 12.3 Å². The van der Waals surface area contributed by atoms with Crippen molar-refractivity contribution in [1.29, 1.82) is 10.5 Å². The van der Waals surface area contributed by atoms with Crippen LogP contribution in [0.1, 0.15) is 21.5 Å². The number of nitrogens with zero attached hydrogens (tertiary/aromatic N) is 4. The van der Waals surface area contributed by atoms with Gasteiger partial charge >= 0.3 is 0 Å². The standard InChI is InChI=1S/C18H10N4O/c19-9-15-13-6-2-1-5-12(13)10-21-17(15)22(11-20)16-8-4-3-7-14(16)18(21)23/h1-8H,10H2. The molecule has 23 heavy (non-hydrogen) atoms. The first-order valence-corrected chi connectivity index (χ1v) is 7.09. The van der Waals surface area contributed by atoms with Crippen LogP contribution in [0.2, 0.25) is 0 Å². The fourth-order valence-corrected chi connectivity index (χ4v) is 3.12. The predicted octanol–water partition coefficient (Wildman–Crippen LogP) is 2.84. The number of para-hydroxylation sites is 1. The molecule has 0 radical (unpaired) electrons. The number of anilines is 1. The molecule has 2 aromatic rings. The van der Waals surface area contributed by atoms with E-state index >= 15 is 0 Å². The quantitative estimate of drug-likeness (QED) is 0.701. The molecule has 1 amide bonds. The molecule has 0 bridgehead atoms. The van der Waals surface area contributed by atoms with Crippen LogP contribution in [0.15, 0.2) is 54.4 Å². The second kappa shape index (κ2) is 4.72. The molecule has 0 spiro atoms. The number of benzene rings is 2. The number of hydrogen-bond acceptors (Lipinski definition) is 4. The van der Waals surface area contributed by atoms with Gasteiger partial charge in [0.1, 0.15) is 17.5 Å². The second-order valence-corrected chi connectivity index (χ2v) is 5.31. The number of nitriles is 2. The summed E-state index contributed by atoms with van der Waals surface area (Å²) >= 11 is 0. The zero-order chi connectivity index (χ0) is 16.0. The number of amides is 1. The smallest absolute Gasteiger partial charge is 0.261 e. The van der Waals surface area contributed by atoms with Crippen LogP contribution in [0.25, 0.3) is 5.57 Å². The highest BCUT2D eigenvalue weighted by atomic mass is 16.2. The van der Waals surface area contributed by atoms with Crippen molar-refractivity contribution in [1.82, 2.24) is 4.90 Å². The molecule has 0 saturated carbocycles. The SMILES string of the molecule is N#CC1=C2N(Cc3ccccc31)C(=O)c1ccccc1N2C#N. The molecule has 0 aliphatic carbocycles. The molecule has 2 aromatic carbocycles. The normalized spacial score (nSPS) is 15.3. The lowest BCUT2D eigenvalue weighted by Crippen LogP contribution is -2.44. The Bertz CT molecular complexity index is 961. The third-order valence-corrected chi connectivity index (χ3v) is 4.14. The third kappa shape index (κ3) is 1.68. The van der Waals surface area contributed by atoms with Crippen molar-refractivity contribution >= 4 is 17.2 Å². The maximum atomic E-state index is 12.8. The molecule has 2 aliphatic rings. The maximum Gasteiger partial charge on any atom is 0.261 e. The van der Waals surface area contributed by atoms with E-state index in [0.29, 0.717) is 29.2 Å². The second-order valence-electron chi connectivity index (χ2n) is 5.31. The summed E-state index contributed by atoms with van der Waals surface area (Å²) in [4.78, 5) is 15.7. The Morgan fingerprint density at radius 3 is 2.39 bits per heavy atom. The largest absolute Gasteiger partial charge is 0.288 e.